The van der Waals surface area contributed by atoms with Crippen molar-refractivity contribution in [2.24, 2.45) is 5.92 Å². The number of nitrogens with one attached hydrogen (secondary N) is 1. The second-order valence-corrected chi connectivity index (χ2v) is 11.4. The van der Waals surface area contributed by atoms with Crippen molar-refractivity contribution in [3.8, 4) is 17.2 Å². The molecule has 0 radical (unpaired) electrons. The van der Waals surface area contributed by atoms with E-state index in [9.17, 15) is 24.6 Å². The zero-order chi connectivity index (χ0) is 29.8. The van der Waals surface area contributed by atoms with Gasteiger partial charge in [-0.05, 0) is 52.2 Å². The highest BCUT2D eigenvalue weighted by Gasteiger charge is 2.56. The number of aromatic nitrogens is 2. The molecule has 5 rings (SSSR count). The zero-order valence-electron chi connectivity index (χ0n) is 24.2. The van der Waals surface area contributed by atoms with Gasteiger partial charge in [0.1, 0.15) is 39.8 Å². The van der Waals surface area contributed by atoms with Crippen molar-refractivity contribution in [2.75, 3.05) is 6.54 Å². The maximum atomic E-state index is 14.0. The van der Waals surface area contributed by atoms with Crippen LogP contribution in [0.1, 0.15) is 68.3 Å². The first-order valence-corrected chi connectivity index (χ1v) is 13.9. The lowest BCUT2D eigenvalue weighted by Gasteiger charge is -2.29. The number of ether oxygens (including phenoxy) is 1. The van der Waals surface area contributed by atoms with Crippen LogP contribution in [0.25, 0.3) is 11.0 Å². The fourth-order valence-corrected chi connectivity index (χ4v) is 5.86. The third-order valence-electron chi connectivity index (χ3n) is 8.01. The maximum Gasteiger partial charge on any atom is 0.194 e. The summed E-state index contributed by atoms with van der Waals surface area (Å²) < 4.78 is 8.08. The van der Waals surface area contributed by atoms with E-state index in [0.717, 1.165) is 29.8 Å². The van der Waals surface area contributed by atoms with Gasteiger partial charge in [0.05, 0.1) is 22.2 Å². The number of phenols is 2. The van der Waals surface area contributed by atoms with Crippen LogP contribution in [0.4, 0.5) is 0 Å². The summed E-state index contributed by atoms with van der Waals surface area (Å²) in [5.41, 5.74) is 0.936. The van der Waals surface area contributed by atoms with Gasteiger partial charge >= 0.3 is 0 Å². The van der Waals surface area contributed by atoms with Crippen LogP contribution in [0.5, 0.6) is 17.2 Å². The van der Waals surface area contributed by atoms with Gasteiger partial charge in [-0.3, -0.25) is 14.4 Å². The van der Waals surface area contributed by atoms with Crippen LogP contribution in [0, 0.1) is 12.8 Å². The number of imidazole rings is 1. The summed E-state index contributed by atoms with van der Waals surface area (Å²) in [4.78, 5) is 44.3. The summed E-state index contributed by atoms with van der Waals surface area (Å²) in [5.74, 6) is -0.930. The van der Waals surface area contributed by atoms with Crippen LogP contribution in [-0.2, 0) is 28.0 Å². The summed E-state index contributed by atoms with van der Waals surface area (Å²) in [6, 6.07) is 8.08. The minimum absolute atomic E-state index is 0.0194. The van der Waals surface area contributed by atoms with E-state index in [0.29, 0.717) is 24.6 Å². The van der Waals surface area contributed by atoms with Gasteiger partial charge in [0.2, 0.25) is 0 Å². The van der Waals surface area contributed by atoms with Gasteiger partial charge in [0, 0.05) is 36.8 Å². The Morgan fingerprint density at radius 3 is 2.54 bits per heavy atom. The lowest BCUT2D eigenvalue weighted by Crippen LogP contribution is -2.41. The highest BCUT2D eigenvalue weighted by molar-refractivity contribution is 6.31. The molecule has 1 aliphatic heterocycles. The average Bonchev–Trinajstić information content (AvgIpc) is 3.40. The number of hydrogen-bond acceptors (Lipinski definition) is 8. The van der Waals surface area contributed by atoms with Crippen molar-refractivity contribution >= 4 is 28.4 Å². The number of Topliss-reactive ketones (excluding diaryl/α,β-unsaturated/α-hetero) is 2. The number of hydrogen-bond donors (Lipinski definition) is 3. The number of ketones is 3. The molecule has 0 amide bonds. The van der Waals surface area contributed by atoms with Crippen molar-refractivity contribution in [1.29, 1.82) is 0 Å². The molecule has 214 valence electrons. The highest BCUT2D eigenvalue weighted by atomic mass is 16.5. The van der Waals surface area contributed by atoms with Gasteiger partial charge in [-0.15, -0.1) is 0 Å². The maximum absolute atomic E-state index is 14.0. The molecule has 1 aromatic heterocycles. The average molecular weight is 558 g/mol. The number of para-hydroxylation sites is 2. The number of allylic oxidation sites excluding steroid dienone is 4. The van der Waals surface area contributed by atoms with Crippen LogP contribution in [-0.4, -0.2) is 43.7 Å². The molecule has 0 unspecified atom stereocenters. The summed E-state index contributed by atoms with van der Waals surface area (Å²) in [7, 11) is 0. The Hall–Kier alpha value is -4.40. The van der Waals surface area contributed by atoms with Gasteiger partial charge in [-0.1, -0.05) is 26.0 Å². The van der Waals surface area contributed by atoms with Crippen LogP contribution in [0.3, 0.4) is 0 Å². The van der Waals surface area contributed by atoms with Crippen LogP contribution >= 0.6 is 0 Å². The molecule has 9 heteroatoms. The van der Waals surface area contributed by atoms with E-state index < -0.39 is 28.5 Å². The number of aromatic hydroxyl groups is 2. The smallest absolute Gasteiger partial charge is 0.194 e. The van der Waals surface area contributed by atoms with E-state index in [-0.39, 0.29) is 39.5 Å². The van der Waals surface area contributed by atoms with E-state index in [1.165, 1.54) is 19.9 Å². The summed E-state index contributed by atoms with van der Waals surface area (Å²) in [6.45, 7) is 11.7. The first-order chi connectivity index (χ1) is 19.4. The van der Waals surface area contributed by atoms with Crippen LogP contribution < -0.4 is 10.1 Å². The molecule has 1 aliphatic carbocycles. The fraction of sp³-hybridized carbons (Fsp3) is 0.375. The van der Waals surface area contributed by atoms with Gasteiger partial charge in [-0.2, -0.15) is 0 Å². The Labute approximate surface area is 238 Å². The predicted molar refractivity (Wildman–Crippen MR) is 154 cm³/mol. The molecule has 0 saturated carbocycles. The van der Waals surface area contributed by atoms with E-state index in [1.807, 2.05) is 18.2 Å². The van der Waals surface area contributed by atoms with Gasteiger partial charge in [0.15, 0.2) is 17.3 Å². The Balaban J connectivity index is 1.41. The standard InChI is InChI=1S/C32H35N3O6/c1-16(2)15-35-21-11-8-7-10-20(21)34-24(35)12-9-13-33-18(4)25-22(37)14-23-32(6,31(25)40)27-29(39)17(3)28(38)26(19(5)36)30(27)41-23/h7-8,10-11,14,16,33,38-39H,9,12-13,15H2,1-6H3/t32-/m0/s1. The van der Waals surface area contributed by atoms with E-state index in [4.69, 9.17) is 9.72 Å². The van der Waals surface area contributed by atoms with Crippen molar-refractivity contribution in [3.63, 3.8) is 0 Å². The second kappa shape index (κ2) is 10.2. The van der Waals surface area contributed by atoms with Gasteiger partial charge in [0.25, 0.3) is 0 Å². The number of benzene rings is 2. The van der Waals surface area contributed by atoms with E-state index >= 15 is 0 Å². The largest absolute Gasteiger partial charge is 0.507 e. The van der Waals surface area contributed by atoms with Crippen LogP contribution in [0.2, 0.25) is 0 Å². The number of carbonyl (C=O) groups is 3. The highest BCUT2D eigenvalue weighted by Crippen LogP contribution is 2.57. The number of fused-ring (bicyclic) bond motifs is 4. The summed E-state index contributed by atoms with van der Waals surface area (Å²) in [6.07, 6.45) is 2.66. The molecule has 0 bridgehead atoms. The number of aryl methyl sites for hydroxylation is 1. The molecular formula is C32H35N3O6. The molecule has 2 aliphatic rings. The Kier molecular flexibility index (Phi) is 7.01. The Morgan fingerprint density at radius 1 is 1.15 bits per heavy atom. The van der Waals surface area contributed by atoms with Crippen molar-refractivity contribution in [2.45, 2.75) is 66.3 Å². The third kappa shape index (κ3) is 4.40. The lowest BCUT2D eigenvalue weighted by molar-refractivity contribution is -0.123. The monoisotopic (exact) mass is 557 g/mol. The van der Waals surface area contributed by atoms with Crippen LogP contribution in [0.15, 0.2) is 47.4 Å². The molecule has 0 saturated heterocycles. The number of rotatable bonds is 8. The first-order valence-electron chi connectivity index (χ1n) is 13.9. The minimum Gasteiger partial charge on any atom is -0.507 e. The first kappa shape index (κ1) is 28.1. The molecule has 0 fully saturated rings. The Bertz CT molecular complexity index is 1690. The van der Waals surface area contributed by atoms with Gasteiger partial charge in [-0.25, -0.2) is 4.98 Å². The van der Waals surface area contributed by atoms with E-state index in [2.05, 4.69) is 29.8 Å². The SMILES string of the molecule is CC(=O)c1c(O)c(C)c(O)c2c1OC1=CC(=O)C(=C(C)NCCCc3nc4ccccc4n3CC(C)C)C(=O)[C@@]12C. The predicted octanol–water partition coefficient (Wildman–Crippen LogP) is 4.80. The molecule has 1 atom stereocenters. The Morgan fingerprint density at radius 2 is 1.85 bits per heavy atom. The third-order valence-corrected chi connectivity index (χ3v) is 8.01. The molecule has 41 heavy (non-hydrogen) atoms. The van der Waals surface area contributed by atoms with Crippen molar-refractivity contribution in [1.82, 2.24) is 14.9 Å². The fourth-order valence-electron chi connectivity index (χ4n) is 5.86. The molecule has 2 heterocycles. The molecule has 2 aromatic carbocycles. The number of nitrogens with zero attached hydrogens (tertiary/aromatic N) is 2. The van der Waals surface area contributed by atoms with E-state index in [1.54, 1.807) is 13.8 Å². The summed E-state index contributed by atoms with van der Waals surface area (Å²) in [5, 5.41) is 24.7. The molecule has 9 nitrogen and oxygen atoms in total. The minimum atomic E-state index is -1.53. The quantitative estimate of drug-likeness (QED) is 0.156. The van der Waals surface area contributed by atoms with Crippen molar-refractivity contribution < 1.29 is 29.3 Å². The molecule has 3 aromatic rings. The second-order valence-electron chi connectivity index (χ2n) is 11.4. The number of phenolic OH excluding ortho intramolecular Hbond substituents is 2. The van der Waals surface area contributed by atoms with Crippen molar-refractivity contribution in [3.05, 3.63) is 69.9 Å². The molecular weight excluding hydrogens is 522 g/mol. The normalized spacial score (nSPS) is 19.2. The summed E-state index contributed by atoms with van der Waals surface area (Å²) >= 11 is 0. The number of carbonyl (C=O) groups excluding carboxylic acids is 3. The zero-order valence-corrected chi connectivity index (χ0v) is 24.2. The molecule has 3 N–H and O–H groups in total. The van der Waals surface area contributed by atoms with Gasteiger partial charge < -0.3 is 24.8 Å². The topological polar surface area (TPSA) is 131 Å². The molecule has 0 spiro atoms. The lowest BCUT2D eigenvalue weighted by atomic mass is 9.70.